The fourth-order valence-electron chi connectivity index (χ4n) is 2.95. The van der Waals surface area contributed by atoms with Crippen molar-refractivity contribution in [3.63, 3.8) is 0 Å². The summed E-state index contributed by atoms with van der Waals surface area (Å²) < 4.78 is 57.7. The first-order valence-electron chi connectivity index (χ1n) is 9.35. The molecule has 12 heteroatoms. The number of pyridine rings is 2. The fraction of sp³-hybridized carbons (Fsp3) is 0.200. The average Bonchev–Trinajstić information content (AvgIpc) is 2.78. The van der Waals surface area contributed by atoms with Crippen LogP contribution in [0.1, 0.15) is 18.1 Å². The first kappa shape index (κ1) is 21.3. The summed E-state index contributed by atoms with van der Waals surface area (Å²) in [6.45, 7) is 0.813. The second-order valence-electron chi connectivity index (χ2n) is 6.42. The van der Waals surface area contributed by atoms with Gasteiger partial charge in [0.2, 0.25) is 11.8 Å². The molecular weight excluding hydrogens is 430 g/mol. The summed E-state index contributed by atoms with van der Waals surface area (Å²) in [5.74, 6) is -0.660. The minimum atomic E-state index is -4.65. The Morgan fingerprint density at radius 3 is 2.62 bits per heavy atom. The lowest BCUT2D eigenvalue weighted by molar-refractivity contribution is -0.139. The van der Waals surface area contributed by atoms with Gasteiger partial charge in [-0.15, -0.1) is 0 Å². The van der Waals surface area contributed by atoms with Crippen LogP contribution in [-0.4, -0.2) is 36.5 Å². The molecule has 8 nitrogen and oxygen atoms in total. The largest absolute Gasteiger partial charge is 0.477 e. The Labute approximate surface area is 178 Å². The number of alkyl halides is 4. The van der Waals surface area contributed by atoms with E-state index >= 15 is 0 Å². The van der Waals surface area contributed by atoms with E-state index < -0.39 is 24.3 Å². The zero-order valence-electron chi connectivity index (χ0n) is 16.6. The molecule has 0 saturated carbocycles. The summed E-state index contributed by atoms with van der Waals surface area (Å²) in [4.78, 5) is 24.2. The molecule has 0 radical (unpaired) electrons. The summed E-state index contributed by atoms with van der Waals surface area (Å²) in [7, 11) is 0. The molecule has 0 aromatic carbocycles. The molecule has 0 aliphatic carbocycles. The monoisotopic (exact) mass is 445 g/mol. The number of rotatable bonds is 6. The number of fused-ring (bicyclic) bond motifs is 1. The Balaban J connectivity index is 1.71. The van der Waals surface area contributed by atoms with E-state index in [1.54, 1.807) is 25.1 Å². The van der Waals surface area contributed by atoms with Crippen molar-refractivity contribution in [3.8, 4) is 17.3 Å². The molecule has 0 saturated heterocycles. The van der Waals surface area contributed by atoms with Crippen molar-refractivity contribution in [2.75, 3.05) is 11.9 Å². The van der Waals surface area contributed by atoms with Crippen molar-refractivity contribution >= 4 is 22.7 Å². The van der Waals surface area contributed by atoms with Crippen LogP contribution in [0.4, 0.5) is 29.2 Å². The second kappa shape index (κ2) is 8.65. The lowest BCUT2D eigenvalue weighted by Crippen LogP contribution is -2.12. The predicted octanol–water partition coefficient (Wildman–Crippen LogP) is 4.51. The van der Waals surface area contributed by atoms with Gasteiger partial charge >= 0.3 is 6.18 Å². The van der Waals surface area contributed by atoms with Gasteiger partial charge in [-0.25, -0.2) is 29.3 Å². The minimum absolute atomic E-state index is 0.00826. The summed E-state index contributed by atoms with van der Waals surface area (Å²) in [5, 5.41) is 3.42. The maximum atomic E-state index is 13.3. The number of aromatic nitrogens is 6. The van der Waals surface area contributed by atoms with E-state index in [9.17, 15) is 17.6 Å². The molecule has 0 fully saturated rings. The first-order valence-corrected chi connectivity index (χ1v) is 9.35. The Morgan fingerprint density at radius 2 is 1.88 bits per heavy atom. The molecule has 164 valence electrons. The Hall–Kier alpha value is -3.96. The van der Waals surface area contributed by atoms with Gasteiger partial charge in [0.25, 0.3) is 0 Å². The van der Waals surface area contributed by atoms with E-state index in [0.717, 1.165) is 0 Å². The molecule has 4 aromatic heterocycles. The van der Waals surface area contributed by atoms with Crippen LogP contribution in [0.15, 0.2) is 43.1 Å². The highest BCUT2D eigenvalue weighted by molar-refractivity contribution is 5.91. The molecule has 4 rings (SSSR count). The third-order valence-corrected chi connectivity index (χ3v) is 4.36. The Kier molecular flexibility index (Phi) is 5.75. The van der Waals surface area contributed by atoms with Crippen molar-refractivity contribution in [2.45, 2.75) is 19.8 Å². The zero-order valence-corrected chi connectivity index (χ0v) is 16.6. The van der Waals surface area contributed by atoms with Gasteiger partial charge in [-0.1, -0.05) is 0 Å². The minimum Gasteiger partial charge on any atom is -0.477 e. The molecule has 4 aromatic rings. The van der Waals surface area contributed by atoms with E-state index in [2.05, 4.69) is 35.2 Å². The van der Waals surface area contributed by atoms with Crippen molar-refractivity contribution < 1.29 is 22.3 Å². The van der Waals surface area contributed by atoms with Crippen molar-refractivity contribution in [1.29, 1.82) is 0 Å². The molecule has 0 aliphatic rings. The van der Waals surface area contributed by atoms with Crippen LogP contribution >= 0.6 is 0 Å². The number of hydrogen-bond donors (Lipinski definition) is 1. The van der Waals surface area contributed by atoms with E-state index in [4.69, 9.17) is 4.74 Å². The molecule has 0 atom stereocenters. The maximum absolute atomic E-state index is 13.3. The molecule has 0 bridgehead atoms. The lowest BCUT2D eigenvalue weighted by atomic mass is 10.1. The van der Waals surface area contributed by atoms with Crippen LogP contribution < -0.4 is 10.1 Å². The highest BCUT2D eigenvalue weighted by Crippen LogP contribution is 2.35. The summed E-state index contributed by atoms with van der Waals surface area (Å²) in [6.07, 6.45) is 0.145. The van der Waals surface area contributed by atoms with Crippen LogP contribution in [0.2, 0.25) is 0 Å². The van der Waals surface area contributed by atoms with E-state index in [-0.39, 0.29) is 18.1 Å². The molecule has 0 spiro atoms. The third kappa shape index (κ3) is 4.24. The van der Waals surface area contributed by atoms with Gasteiger partial charge in [0.1, 0.15) is 18.6 Å². The van der Waals surface area contributed by atoms with Gasteiger partial charge in [0.15, 0.2) is 5.65 Å². The summed E-state index contributed by atoms with van der Waals surface area (Å²) >= 11 is 0. The molecule has 4 heterocycles. The van der Waals surface area contributed by atoms with Gasteiger partial charge in [-0.3, -0.25) is 0 Å². The normalized spacial score (nSPS) is 11.5. The Bertz CT molecular complexity index is 1270. The van der Waals surface area contributed by atoms with E-state index in [1.807, 2.05) is 0 Å². The maximum Gasteiger partial charge on any atom is 0.423 e. The highest BCUT2D eigenvalue weighted by atomic mass is 19.4. The van der Waals surface area contributed by atoms with Gasteiger partial charge in [-0.2, -0.15) is 18.2 Å². The SMILES string of the molecule is CCOc1nc(Nc2ccnc3nc(-c4ncncc4CF)ccc23)ncc1C(F)(F)F. The topological polar surface area (TPSA) is 98.6 Å². The molecule has 0 amide bonds. The molecule has 1 N–H and O–H groups in total. The standard InChI is InChI=1S/C20H15F4N7O/c1-2-32-18-13(20(22,23)24)9-27-19(31-18)30-14-5-6-26-17-12(14)3-4-15(29-17)16-11(7-21)8-25-10-28-16/h3-6,8-10H,2,7H2,1H3,(H,26,27,29,30,31). The van der Waals surface area contributed by atoms with Crippen LogP contribution in [0.5, 0.6) is 5.88 Å². The van der Waals surface area contributed by atoms with Gasteiger partial charge in [-0.05, 0) is 25.1 Å². The molecule has 32 heavy (non-hydrogen) atoms. The predicted molar refractivity (Wildman–Crippen MR) is 107 cm³/mol. The quantitative estimate of drug-likeness (QED) is 0.433. The van der Waals surface area contributed by atoms with Crippen LogP contribution in [-0.2, 0) is 12.9 Å². The van der Waals surface area contributed by atoms with Gasteiger partial charge in [0.05, 0.1) is 23.7 Å². The van der Waals surface area contributed by atoms with Crippen LogP contribution in [0.3, 0.4) is 0 Å². The number of nitrogens with zero attached hydrogens (tertiary/aromatic N) is 6. The highest BCUT2D eigenvalue weighted by Gasteiger charge is 2.36. The van der Waals surface area contributed by atoms with Gasteiger partial charge < -0.3 is 10.1 Å². The number of ether oxygens (including phenoxy) is 1. The van der Waals surface area contributed by atoms with E-state index in [0.29, 0.717) is 34.3 Å². The zero-order chi connectivity index (χ0) is 22.7. The molecular formula is C20H15F4N7O. The third-order valence-electron chi connectivity index (χ3n) is 4.36. The van der Waals surface area contributed by atoms with Crippen molar-refractivity contribution in [1.82, 2.24) is 29.9 Å². The fourth-order valence-corrected chi connectivity index (χ4v) is 2.95. The van der Waals surface area contributed by atoms with Gasteiger partial charge in [0, 0.05) is 29.5 Å². The average molecular weight is 445 g/mol. The van der Waals surface area contributed by atoms with Crippen LogP contribution in [0, 0.1) is 0 Å². The number of hydrogen-bond acceptors (Lipinski definition) is 8. The lowest BCUT2D eigenvalue weighted by Gasteiger charge is -2.14. The smallest absolute Gasteiger partial charge is 0.423 e. The Morgan fingerprint density at radius 1 is 1.03 bits per heavy atom. The van der Waals surface area contributed by atoms with Crippen molar-refractivity contribution in [3.05, 3.63) is 54.2 Å². The first-order chi connectivity index (χ1) is 15.4. The molecule has 0 aliphatic heterocycles. The number of nitrogens with one attached hydrogen (secondary N) is 1. The van der Waals surface area contributed by atoms with Crippen LogP contribution in [0.25, 0.3) is 22.4 Å². The number of anilines is 2. The second-order valence-corrected chi connectivity index (χ2v) is 6.42. The summed E-state index contributed by atoms with van der Waals surface area (Å²) in [6, 6.07) is 4.92. The van der Waals surface area contributed by atoms with E-state index in [1.165, 1.54) is 18.7 Å². The molecule has 0 unspecified atom stereocenters. The van der Waals surface area contributed by atoms with Crippen molar-refractivity contribution in [2.24, 2.45) is 0 Å². The summed E-state index contributed by atoms with van der Waals surface area (Å²) in [5.41, 5.74) is 0.746. The number of halogens is 4.